The molecule has 2 rings (SSSR count). The minimum Gasteiger partial charge on any atom is -0.480 e. The predicted octanol–water partition coefficient (Wildman–Crippen LogP) is 0.586. The number of aliphatic carboxylic acids is 1. The third kappa shape index (κ3) is 7.96. The fraction of sp³-hybridized carbons (Fsp3) is 0.565. The minimum absolute atomic E-state index is 0.0676. The van der Waals surface area contributed by atoms with Crippen LogP contribution >= 0.6 is 0 Å². The average molecular weight is 447 g/mol. The van der Waals surface area contributed by atoms with Crippen LogP contribution in [0.1, 0.15) is 45.6 Å². The molecule has 0 aliphatic carbocycles. The van der Waals surface area contributed by atoms with E-state index >= 15 is 0 Å². The molecule has 0 saturated carbocycles. The third-order valence-corrected chi connectivity index (χ3v) is 5.37. The SMILES string of the molecule is CC(C)CC(NC(=O)C(Cc1ccccc1)NC(=O)C(C)NC(=O)C1CCCN1)C(=O)O. The van der Waals surface area contributed by atoms with Crippen molar-refractivity contribution in [1.82, 2.24) is 21.3 Å². The first-order chi connectivity index (χ1) is 15.2. The molecule has 32 heavy (non-hydrogen) atoms. The van der Waals surface area contributed by atoms with Crippen molar-refractivity contribution >= 4 is 23.7 Å². The highest BCUT2D eigenvalue weighted by Gasteiger charge is 2.30. The Morgan fingerprint density at radius 1 is 1.00 bits per heavy atom. The van der Waals surface area contributed by atoms with Crippen molar-refractivity contribution in [2.75, 3.05) is 6.54 Å². The van der Waals surface area contributed by atoms with Gasteiger partial charge in [-0.3, -0.25) is 14.4 Å². The Morgan fingerprint density at radius 3 is 2.22 bits per heavy atom. The number of rotatable bonds is 11. The monoisotopic (exact) mass is 446 g/mol. The molecule has 1 fully saturated rings. The molecule has 0 radical (unpaired) electrons. The first-order valence-corrected chi connectivity index (χ1v) is 11.1. The van der Waals surface area contributed by atoms with Gasteiger partial charge in [0.15, 0.2) is 0 Å². The standard InChI is InChI=1S/C23H34N4O5/c1-14(2)12-19(23(31)32)27-22(30)18(13-16-8-5-4-6-9-16)26-20(28)15(3)25-21(29)17-10-7-11-24-17/h4-6,8-9,14-15,17-19,24H,7,10-13H2,1-3H3,(H,25,29)(H,26,28)(H,27,30)(H,31,32). The van der Waals surface area contributed by atoms with Gasteiger partial charge >= 0.3 is 5.97 Å². The zero-order valence-electron chi connectivity index (χ0n) is 18.9. The summed E-state index contributed by atoms with van der Waals surface area (Å²) in [4.78, 5) is 49.6. The molecule has 0 spiro atoms. The fourth-order valence-electron chi connectivity index (χ4n) is 3.61. The van der Waals surface area contributed by atoms with Crippen LogP contribution in [-0.2, 0) is 25.6 Å². The number of nitrogens with one attached hydrogen (secondary N) is 4. The van der Waals surface area contributed by atoms with E-state index in [1.165, 1.54) is 0 Å². The number of carboxylic acids is 1. The molecule has 9 heteroatoms. The maximum Gasteiger partial charge on any atom is 0.326 e. The summed E-state index contributed by atoms with van der Waals surface area (Å²) >= 11 is 0. The highest BCUT2D eigenvalue weighted by atomic mass is 16.4. The van der Waals surface area contributed by atoms with Gasteiger partial charge in [-0.25, -0.2) is 4.79 Å². The molecule has 1 aliphatic rings. The molecule has 0 aromatic heterocycles. The first-order valence-electron chi connectivity index (χ1n) is 11.1. The number of carboxylic acid groups (broad SMARTS) is 1. The van der Waals surface area contributed by atoms with Gasteiger partial charge in [-0.2, -0.15) is 0 Å². The quantitative estimate of drug-likeness (QED) is 0.337. The summed E-state index contributed by atoms with van der Waals surface area (Å²) in [7, 11) is 0. The lowest BCUT2D eigenvalue weighted by molar-refractivity contribution is -0.142. The summed E-state index contributed by atoms with van der Waals surface area (Å²) in [5, 5.41) is 20.4. The van der Waals surface area contributed by atoms with E-state index in [1.54, 1.807) is 6.92 Å². The molecule has 5 N–H and O–H groups in total. The van der Waals surface area contributed by atoms with Gasteiger partial charge in [-0.05, 0) is 44.2 Å². The Bertz CT molecular complexity index is 793. The normalized spacial score (nSPS) is 18.4. The Hall–Kier alpha value is -2.94. The summed E-state index contributed by atoms with van der Waals surface area (Å²) in [5.41, 5.74) is 0.815. The van der Waals surface area contributed by atoms with Crippen molar-refractivity contribution < 1.29 is 24.3 Å². The Kier molecular flexibility index (Phi) is 9.64. The van der Waals surface area contributed by atoms with E-state index in [4.69, 9.17) is 0 Å². The second-order valence-corrected chi connectivity index (χ2v) is 8.66. The average Bonchev–Trinajstić information content (AvgIpc) is 3.28. The van der Waals surface area contributed by atoms with Crippen LogP contribution in [0.3, 0.4) is 0 Å². The van der Waals surface area contributed by atoms with Crippen molar-refractivity contribution in [2.45, 2.75) is 70.6 Å². The highest BCUT2D eigenvalue weighted by Crippen LogP contribution is 2.09. The van der Waals surface area contributed by atoms with E-state index in [0.717, 1.165) is 18.5 Å². The Morgan fingerprint density at radius 2 is 1.66 bits per heavy atom. The van der Waals surface area contributed by atoms with Gasteiger partial charge in [0.2, 0.25) is 17.7 Å². The maximum absolute atomic E-state index is 12.9. The molecule has 4 unspecified atom stereocenters. The van der Waals surface area contributed by atoms with Gasteiger partial charge in [-0.15, -0.1) is 0 Å². The second-order valence-electron chi connectivity index (χ2n) is 8.66. The number of amides is 3. The molecule has 1 saturated heterocycles. The van der Waals surface area contributed by atoms with Crippen LogP contribution in [0.25, 0.3) is 0 Å². The first kappa shape index (κ1) is 25.3. The lowest BCUT2D eigenvalue weighted by Crippen LogP contribution is -2.57. The van der Waals surface area contributed by atoms with Gasteiger partial charge in [0.05, 0.1) is 6.04 Å². The molecule has 9 nitrogen and oxygen atoms in total. The molecule has 176 valence electrons. The van der Waals surface area contributed by atoms with Crippen LogP contribution in [0.5, 0.6) is 0 Å². The number of hydrogen-bond acceptors (Lipinski definition) is 5. The van der Waals surface area contributed by atoms with E-state index in [0.29, 0.717) is 6.42 Å². The molecular weight excluding hydrogens is 412 g/mol. The topological polar surface area (TPSA) is 137 Å². The van der Waals surface area contributed by atoms with Crippen LogP contribution in [-0.4, -0.2) is 59.5 Å². The van der Waals surface area contributed by atoms with E-state index in [2.05, 4.69) is 21.3 Å². The summed E-state index contributed by atoms with van der Waals surface area (Å²) in [6, 6.07) is 5.94. The van der Waals surface area contributed by atoms with Gasteiger partial charge < -0.3 is 26.4 Å². The van der Waals surface area contributed by atoms with Crippen molar-refractivity contribution in [3.63, 3.8) is 0 Å². The smallest absolute Gasteiger partial charge is 0.326 e. The maximum atomic E-state index is 12.9. The number of carbonyl (C=O) groups excluding carboxylic acids is 3. The summed E-state index contributed by atoms with van der Waals surface area (Å²) in [5.74, 6) is -2.40. The highest BCUT2D eigenvalue weighted by molar-refractivity contribution is 5.94. The Balaban J connectivity index is 2.07. The molecule has 3 amide bonds. The van der Waals surface area contributed by atoms with Crippen LogP contribution in [0.15, 0.2) is 30.3 Å². The van der Waals surface area contributed by atoms with Crippen molar-refractivity contribution in [3.05, 3.63) is 35.9 Å². The van der Waals surface area contributed by atoms with Gasteiger partial charge in [0.1, 0.15) is 18.1 Å². The van der Waals surface area contributed by atoms with Crippen molar-refractivity contribution in [2.24, 2.45) is 5.92 Å². The van der Waals surface area contributed by atoms with E-state index in [9.17, 15) is 24.3 Å². The Labute approximate surface area is 188 Å². The van der Waals surface area contributed by atoms with Gasteiger partial charge in [0.25, 0.3) is 0 Å². The number of carbonyl (C=O) groups is 4. The zero-order valence-corrected chi connectivity index (χ0v) is 18.9. The van der Waals surface area contributed by atoms with Gasteiger partial charge in [-0.1, -0.05) is 44.2 Å². The molecule has 1 aromatic rings. The molecule has 1 aliphatic heterocycles. The molecule has 0 bridgehead atoms. The number of benzene rings is 1. The summed E-state index contributed by atoms with van der Waals surface area (Å²) < 4.78 is 0. The predicted molar refractivity (Wildman–Crippen MR) is 120 cm³/mol. The molecule has 4 atom stereocenters. The zero-order chi connectivity index (χ0) is 23.7. The molecular formula is C23H34N4O5. The van der Waals surface area contributed by atoms with Crippen LogP contribution in [0, 0.1) is 5.92 Å². The molecule has 1 aromatic carbocycles. The molecule has 1 heterocycles. The summed E-state index contributed by atoms with van der Waals surface area (Å²) in [6.45, 7) is 6.06. The van der Waals surface area contributed by atoms with E-state index in [1.807, 2.05) is 44.2 Å². The van der Waals surface area contributed by atoms with Crippen LogP contribution in [0.2, 0.25) is 0 Å². The van der Waals surface area contributed by atoms with Crippen LogP contribution < -0.4 is 21.3 Å². The second kappa shape index (κ2) is 12.2. The summed E-state index contributed by atoms with van der Waals surface area (Å²) in [6.07, 6.45) is 2.08. The minimum atomic E-state index is -1.12. The van der Waals surface area contributed by atoms with E-state index in [-0.39, 0.29) is 30.7 Å². The van der Waals surface area contributed by atoms with Crippen molar-refractivity contribution in [1.29, 1.82) is 0 Å². The van der Waals surface area contributed by atoms with E-state index < -0.39 is 35.9 Å². The lowest BCUT2D eigenvalue weighted by atomic mass is 10.0. The number of hydrogen-bond donors (Lipinski definition) is 5. The lowest BCUT2D eigenvalue weighted by Gasteiger charge is -2.24. The van der Waals surface area contributed by atoms with Crippen LogP contribution in [0.4, 0.5) is 0 Å². The van der Waals surface area contributed by atoms with Gasteiger partial charge in [0, 0.05) is 6.42 Å². The largest absolute Gasteiger partial charge is 0.480 e. The van der Waals surface area contributed by atoms with Crippen molar-refractivity contribution in [3.8, 4) is 0 Å². The fourth-order valence-corrected chi connectivity index (χ4v) is 3.61. The third-order valence-electron chi connectivity index (χ3n) is 5.37.